The Morgan fingerprint density at radius 1 is 1.58 bits per heavy atom. The largest absolute Gasteiger partial charge is 0.507 e. The maximum absolute atomic E-state index is 11.9. The highest BCUT2D eigenvalue weighted by Gasteiger charge is 2.12. The van der Waals surface area contributed by atoms with E-state index in [0.717, 1.165) is 0 Å². The normalized spacial score (nSPS) is 10.4. The standard InChI is InChI=1S/C12H13ClN4O2/c1-17-11(14)7(6-16-17)5-15-12(19)9-3-2-8(13)4-10(9)18/h2-4,6,18H,5,14H2,1H3,(H,15,19). The summed E-state index contributed by atoms with van der Waals surface area (Å²) >= 11 is 5.70. The number of halogens is 1. The quantitative estimate of drug-likeness (QED) is 0.790. The minimum atomic E-state index is -0.405. The number of phenols is 1. The third-order valence-electron chi connectivity index (χ3n) is 2.71. The molecular weight excluding hydrogens is 268 g/mol. The van der Waals surface area contributed by atoms with Gasteiger partial charge in [-0.05, 0) is 18.2 Å². The van der Waals surface area contributed by atoms with E-state index < -0.39 is 5.91 Å². The minimum Gasteiger partial charge on any atom is -0.507 e. The Morgan fingerprint density at radius 2 is 2.32 bits per heavy atom. The molecule has 1 heterocycles. The van der Waals surface area contributed by atoms with E-state index in [9.17, 15) is 9.90 Å². The number of nitrogens with two attached hydrogens (primary N) is 1. The van der Waals surface area contributed by atoms with Crippen molar-refractivity contribution < 1.29 is 9.90 Å². The summed E-state index contributed by atoms with van der Waals surface area (Å²) in [7, 11) is 1.71. The lowest BCUT2D eigenvalue weighted by atomic mass is 10.2. The Kier molecular flexibility index (Phi) is 3.62. The first kappa shape index (κ1) is 13.2. The number of carbonyl (C=O) groups excluding carboxylic acids is 1. The Morgan fingerprint density at radius 3 is 2.89 bits per heavy atom. The van der Waals surface area contributed by atoms with Crippen LogP contribution in [0.25, 0.3) is 0 Å². The van der Waals surface area contributed by atoms with Gasteiger partial charge >= 0.3 is 0 Å². The van der Waals surface area contributed by atoms with Crippen LogP contribution in [0, 0.1) is 0 Å². The molecule has 0 aliphatic rings. The highest BCUT2D eigenvalue weighted by molar-refractivity contribution is 6.30. The van der Waals surface area contributed by atoms with E-state index in [2.05, 4.69) is 10.4 Å². The smallest absolute Gasteiger partial charge is 0.255 e. The number of hydrogen-bond donors (Lipinski definition) is 3. The molecule has 1 aromatic heterocycles. The molecule has 6 nitrogen and oxygen atoms in total. The molecule has 4 N–H and O–H groups in total. The number of nitrogens with one attached hydrogen (secondary N) is 1. The van der Waals surface area contributed by atoms with Crippen molar-refractivity contribution in [1.82, 2.24) is 15.1 Å². The van der Waals surface area contributed by atoms with Crippen molar-refractivity contribution in [3.63, 3.8) is 0 Å². The SMILES string of the molecule is Cn1ncc(CNC(=O)c2ccc(Cl)cc2O)c1N. The Labute approximate surface area is 114 Å². The van der Waals surface area contributed by atoms with Gasteiger partial charge in [-0.2, -0.15) is 5.10 Å². The summed E-state index contributed by atoms with van der Waals surface area (Å²) in [5, 5.41) is 16.6. The van der Waals surface area contributed by atoms with Crippen molar-refractivity contribution in [2.75, 3.05) is 5.73 Å². The first-order valence-corrected chi connectivity index (χ1v) is 5.90. The van der Waals surface area contributed by atoms with E-state index in [1.165, 1.54) is 22.9 Å². The zero-order valence-electron chi connectivity index (χ0n) is 10.2. The molecular formula is C12H13ClN4O2. The lowest BCUT2D eigenvalue weighted by Gasteiger charge is -2.06. The number of phenolic OH excluding ortho intramolecular Hbond substituents is 1. The van der Waals surface area contributed by atoms with Crippen LogP contribution in [0.2, 0.25) is 5.02 Å². The van der Waals surface area contributed by atoms with Gasteiger partial charge in [0.15, 0.2) is 0 Å². The van der Waals surface area contributed by atoms with Crippen LogP contribution in [0.5, 0.6) is 5.75 Å². The molecule has 2 aromatic rings. The maximum atomic E-state index is 11.9. The Hall–Kier alpha value is -2.21. The van der Waals surface area contributed by atoms with Gasteiger partial charge in [0.2, 0.25) is 0 Å². The van der Waals surface area contributed by atoms with Gasteiger partial charge in [-0.15, -0.1) is 0 Å². The second kappa shape index (κ2) is 5.19. The second-order valence-electron chi connectivity index (χ2n) is 4.02. The molecule has 0 unspecified atom stereocenters. The highest BCUT2D eigenvalue weighted by Crippen LogP contribution is 2.21. The van der Waals surface area contributed by atoms with Crippen LogP contribution in [0.3, 0.4) is 0 Å². The Bertz CT molecular complexity index is 624. The van der Waals surface area contributed by atoms with E-state index in [1.54, 1.807) is 13.2 Å². The number of hydrogen-bond acceptors (Lipinski definition) is 4. The Balaban J connectivity index is 2.07. The van der Waals surface area contributed by atoms with Crippen LogP contribution >= 0.6 is 11.6 Å². The number of nitrogens with zero attached hydrogens (tertiary/aromatic N) is 2. The lowest BCUT2D eigenvalue weighted by Crippen LogP contribution is -2.23. The minimum absolute atomic E-state index is 0.159. The summed E-state index contributed by atoms with van der Waals surface area (Å²) in [5.41, 5.74) is 6.63. The van der Waals surface area contributed by atoms with Gasteiger partial charge in [0, 0.05) is 24.2 Å². The fourth-order valence-electron chi connectivity index (χ4n) is 1.60. The van der Waals surface area contributed by atoms with Gasteiger partial charge in [-0.1, -0.05) is 11.6 Å². The zero-order chi connectivity index (χ0) is 14.0. The van der Waals surface area contributed by atoms with Crippen molar-refractivity contribution in [2.24, 2.45) is 7.05 Å². The van der Waals surface area contributed by atoms with Gasteiger partial charge in [-0.25, -0.2) is 0 Å². The first-order valence-electron chi connectivity index (χ1n) is 5.52. The lowest BCUT2D eigenvalue weighted by molar-refractivity contribution is 0.0948. The predicted octanol–water partition coefficient (Wildman–Crippen LogP) is 1.29. The summed E-state index contributed by atoms with van der Waals surface area (Å²) in [6.07, 6.45) is 1.58. The molecule has 0 saturated heterocycles. The number of carbonyl (C=O) groups is 1. The van der Waals surface area contributed by atoms with Gasteiger partial charge in [0.25, 0.3) is 5.91 Å². The van der Waals surface area contributed by atoms with E-state index in [-0.39, 0.29) is 17.9 Å². The molecule has 0 aliphatic carbocycles. The predicted molar refractivity (Wildman–Crippen MR) is 71.9 cm³/mol. The molecule has 0 spiro atoms. The molecule has 7 heteroatoms. The number of aryl methyl sites for hydroxylation is 1. The number of benzene rings is 1. The number of aromatic nitrogens is 2. The molecule has 0 aliphatic heterocycles. The van der Waals surface area contributed by atoms with Crippen molar-refractivity contribution in [3.05, 3.63) is 40.5 Å². The molecule has 0 bridgehead atoms. The monoisotopic (exact) mass is 280 g/mol. The fourth-order valence-corrected chi connectivity index (χ4v) is 1.76. The second-order valence-corrected chi connectivity index (χ2v) is 4.46. The maximum Gasteiger partial charge on any atom is 0.255 e. The topological polar surface area (TPSA) is 93.2 Å². The third kappa shape index (κ3) is 2.79. The fraction of sp³-hybridized carbons (Fsp3) is 0.167. The van der Waals surface area contributed by atoms with Crippen molar-refractivity contribution in [1.29, 1.82) is 0 Å². The van der Waals surface area contributed by atoms with Crippen LogP contribution in [0.4, 0.5) is 5.82 Å². The number of aromatic hydroxyl groups is 1. The van der Waals surface area contributed by atoms with Crippen LogP contribution in [-0.4, -0.2) is 20.8 Å². The molecule has 19 heavy (non-hydrogen) atoms. The first-order chi connectivity index (χ1) is 8.99. The number of rotatable bonds is 3. The number of nitrogen functional groups attached to an aromatic ring is 1. The molecule has 1 aromatic carbocycles. The van der Waals surface area contributed by atoms with Crippen LogP contribution in [0.1, 0.15) is 15.9 Å². The molecule has 2 rings (SSSR count). The summed E-state index contributed by atoms with van der Waals surface area (Å²) in [6.45, 7) is 0.237. The van der Waals surface area contributed by atoms with Gasteiger partial charge in [0.05, 0.1) is 11.8 Å². The van der Waals surface area contributed by atoms with Crippen LogP contribution < -0.4 is 11.1 Å². The van der Waals surface area contributed by atoms with Gasteiger partial charge in [-0.3, -0.25) is 9.48 Å². The average Bonchev–Trinajstić information content (AvgIpc) is 2.67. The third-order valence-corrected chi connectivity index (χ3v) is 2.94. The molecule has 0 radical (unpaired) electrons. The molecule has 100 valence electrons. The summed E-state index contributed by atoms with van der Waals surface area (Å²) in [6, 6.07) is 4.31. The van der Waals surface area contributed by atoms with Crippen LogP contribution in [0.15, 0.2) is 24.4 Å². The van der Waals surface area contributed by atoms with Crippen molar-refractivity contribution >= 4 is 23.3 Å². The molecule has 0 atom stereocenters. The highest BCUT2D eigenvalue weighted by atomic mass is 35.5. The van der Waals surface area contributed by atoms with E-state index >= 15 is 0 Å². The van der Waals surface area contributed by atoms with Crippen molar-refractivity contribution in [3.8, 4) is 5.75 Å². The van der Waals surface area contributed by atoms with E-state index in [0.29, 0.717) is 16.4 Å². The van der Waals surface area contributed by atoms with Gasteiger partial charge < -0.3 is 16.2 Å². The van der Waals surface area contributed by atoms with E-state index in [4.69, 9.17) is 17.3 Å². The molecule has 1 amide bonds. The number of anilines is 1. The molecule has 0 fully saturated rings. The van der Waals surface area contributed by atoms with Crippen LogP contribution in [-0.2, 0) is 13.6 Å². The zero-order valence-corrected chi connectivity index (χ0v) is 11.0. The van der Waals surface area contributed by atoms with Crippen molar-refractivity contribution in [2.45, 2.75) is 6.54 Å². The van der Waals surface area contributed by atoms with E-state index in [1.807, 2.05) is 0 Å². The number of amides is 1. The summed E-state index contributed by atoms with van der Waals surface area (Å²) < 4.78 is 1.52. The summed E-state index contributed by atoms with van der Waals surface area (Å²) in [5.74, 6) is -0.0813. The molecule has 0 saturated carbocycles. The summed E-state index contributed by atoms with van der Waals surface area (Å²) in [4.78, 5) is 11.9. The average molecular weight is 281 g/mol. The van der Waals surface area contributed by atoms with Gasteiger partial charge in [0.1, 0.15) is 11.6 Å².